The Hall–Kier alpha value is -2.20. The number of nitrogens with two attached hydrogens (primary N) is 1. The second-order valence-corrected chi connectivity index (χ2v) is 15.5. The highest BCUT2D eigenvalue weighted by molar-refractivity contribution is 5.76. The highest BCUT2D eigenvalue weighted by Crippen LogP contribution is 2.19. The molecule has 10 nitrogen and oxygen atoms in total. The molecule has 0 fully saturated rings. The van der Waals surface area contributed by atoms with Gasteiger partial charge in [-0.2, -0.15) is 0 Å². The zero-order chi connectivity index (χ0) is 39.9. The predicted molar refractivity (Wildman–Crippen MR) is 223 cm³/mol. The number of hydrogen-bond acceptors (Lipinski definition) is 8. The van der Waals surface area contributed by atoms with Crippen LogP contribution in [0.3, 0.4) is 0 Å². The van der Waals surface area contributed by atoms with Gasteiger partial charge >= 0.3 is 11.9 Å². The van der Waals surface area contributed by atoms with Crippen molar-refractivity contribution in [3.63, 3.8) is 0 Å². The van der Waals surface area contributed by atoms with Crippen LogP contribution >= 0.6 is 0 Å². The van der Waals surface area contributed by atoms with Crippen LogP contribution in [-0.4, -0.2) is 81.1 Å². The Morgan fingerprint density at radius 3 is 1.26 bits per heavy atom. The van der Waals surface area contributed by atoms with Gasteiger partial charge in [0.2, 0.25) is 11.8 Å². The van der Waals surface area contributed by atoms with Crippen molar-refractivity contribution in [2.75, 3.05) is 52.5 Å². The summed E-state index contributed by atoms with van der Waals surface area (Å²) in [6.07, 6.45) is 25.8. The predicted octanol–water partition coefficient (Wildman–Crippen LogP) is 9.02. The van der Waals surface area contributed by atoms with Crippen LogP contribution in [0.1, 0.15) is 195 Å². The average molecular weight is 767 g/mol. The first-order valence-electron chi connectivity index (χ1n) is 22.6. The van der Waals surface area contributed by atoms with Crippen LogP contribution in [0, 0.1) is 11.8 Å². The molecule has 2 amide bonds. The Morgan fingerprint density at radius 1 is 0.481 bits per heavy atom. The third kappa shape index (κ3) is 34.3. The van der Waals surface area contributed by atoms with Crippen LogP contribution in [0.15, 0.2) is 0 Å². The zero-order valence-electron chi connectivity index (χ0n) is 35.7. The van der Waals surface area contributed by atoms with Gasteiger partial charge in [0.05, 0.1) is 13.2 Å². The molecule has 0 radical (unpaired) electrons. The number of nitrogens with zero attached hydrogens (tertiary/aromatic N) is 1. The van der Waals surface area contributed by atoms with Crippen LogP contribution in [0.5, 0.6) is 0 Å². The van der Waals surface area contributed by atoms with Gasteiger partial charge in [-0.05, 0) is 63.2 Å². The maximum Gasteiger partial charge on any atom is 0.305 e. The van der Waals surface area contributed by atoms with Crippen LogP contribution in [-0.2, 0) is 28.7 Å². The Labute approximate surface area is 332 Å². The fraction of sp³-hybridized carbons (Fsp3) is 0.909. The molecule has 0 saturated heterocycles. The number of carbonyl (C=O) groups excluding carboxylic acids is 4. The molecule has 0 aliphatic rings. The molecule has 318 valence electrons. The quantitative estimate of drug-likeness (QED) is 0.0415. The monoisotopic (exact) mass is 767 g/mol. The normalized spacial score (nSPS) is 12.4. The SMILES string of the molecule is CCCCCCC(CCCC)COC(=O)CCCCCNC(=O)CCN(CCN)CCC(=O)NCCCCCC(=O)OCC(CCCC)CCCCCC. The molecule has 54 heavy (non-hydrogen) atoms. The Balaban J connectivity index is 4.04. The smallest absolute Gasteiger partial charge is 0.305 e. The van der Waals surface area contributed by atoms with E-state index >= 15 is 0 Å². The average Bonchev–Trinajstić information content (AvgIpc) is 3.17. The number of amides is 2. The van der Waals surface area contributed by atoms with Crippen LogP contribution in [0.4, 0.5) is 0 Å². The molecule has 0 spiro atoms. The van der Waals surface area contributed by atoms with Crippen molar-refractivity contribution < 1.29 is 28.7 Å². The number of esters is 2. The molecule has 0 saturated carbocycles. The van der Waals surface area contributed by atoms with Crippen molar-refractivity contribution in [2.24, 2.45) is 17.6 Å². The van der Waals surface area contributed by atoms with Crippen molar-refractivity contribution in [1.82, 2.24) is 15.5 Å². The molecule has 2 atom stereocenters. The number of carbonyl (C=O) groups is 4. The van der Waals surface area contributed by atoms with Crippen molar-refractivity contribution in [2.45, 2.75) is 195 Å². The summed E-state index contributed by atoms with van der Waals surface area (Å²) in [5.74, 6) is 0.722. The lowest BCUT2D eigenvalue weighted by Crippen LogP contribution is -2.37. The maximum atomic E-state index is 12.4. The minimum absolute atomic E-state index is 0.0134. The molecule has 4 N–H and O–H groups in total. The lowest BCUT2D eigenvalue weighted by Gasteiger charge is -2.21. The van der Waals surface area contributed by atoms with Gasteiger partial charge in [0, 0.05) is 65.0 Å². The minimum Gasteiger partial charge on any atom is -0.465 e. The second kappa shape index (κ2) is 39.1. The van der Waals surface area contributed by atoms with Gasteiger partial charge < -0.3 is 30.7 Å². The fourth-order valence-corrected chi connectivity index (χ4v) is 6.71. The molecular formula is C44H86N4O6. The Morgan fingerprint density at radius 2 is 0.870 bits per heavy atom. The highest BCUT2D eigenvalue weighted by Gasteiger charge is 2.14. The van der Waals surface area contributed by atoms with Crippen molar-refractivity contribution in [1.29, 1.82) is 0 Å². The van der Waals surface area contributed by atoms with E-state index in [1.165, 1.54) is 77.0 Å². The van der Waals surface area contributed by atoms with Gasteiger partial charge in [-0.3, -0.25) is 19.2 Å². The molecule has 0 aromatic carbocycles. The summed E-state index contributed by atoms with van der Waals surface area (Å²) in [6.45, 7) is 13.3. The molecule has 0 aliphatic carbocycles. The number of rotatable bonds is 40. The van der Waals surface area contributed by atoms with E-state index in [0.29, 0.717) is 90.0 Å². The molecule has 0 aromatic rings. The van der Waals surface area contributed by atoms with Gasteiger partial charge in [0.1, 0.15) is 0 Å². The first kappa shape index (κ1) is 51.8. The third-order valence-corrected chi connectivity index (χ3v) is 10.3. The van der Waals surface area contributed by atoms with Gasteiger partial charge in [-0.1, -0.05) is 118 Å². The number of unbranched alkanes of at least 4 members (excludes halogenated alkanes) is 12. The summed E-state index contributed by atoms with van der Waals surface area (Å²) < 4.78 is 11.2. The van der Waals surface area contributed by atoms with Gasteiger partial charge in [0.25, 0.3) is 0 Å². The lowest BCUT2D eigenvalue weighted by molar-refractivity contribution is -0.146. The third-order valence-electron chi connectivity index (χ3n) is 10.3. The summed E-state index contributed by atoms with van der Waals surface area (Å²) in [4.78, 5) is 51.5. The molecule has 0 heterocycles. The Kier molecular flexibility index (Phi) is 37.5. The largest absolute Gasteiger partial charge is 0.465 e. The molecule has 0 rings (SSSR count). The lowest BCUT2D eigenvalue weighted by atomic mass is 9.96. The fourth-order valence-electron chi connectivity index (χ4n) is 6.71. The molecule has 0 aromatic heterocycles. The summed E-state index contributed by atoms with van der Waals surface area (Å²) in [5.41, 5.74) is 5.79. The van der Waals surface area contributed by atoms with E-state index < -0.39 is 0 Å². The summed E-state index contributed by atoms with van der Waals surface area (Å²) in [7, 11) is 0. The summed E-state index contributed by atoms with van der Waals surface area (Å²) >= 11 is 0. The van der Waals surface area contributed by atoms with Gasteiger partial charge in [-0.15, -0.1) is 0 Å². The van der Waals surface area contributed by atoms with Gasteiger partial charge in [-0.25, -0.2) is 0 Å². The zero-order valence-corrected chi connectivity index (χ0v) is 35.7. The molecule has 0 bridgehead atoms. The standard InChI is InChI=1S/C44H86N4O6/c1-5-9-13-17-25-39(23-11-7-3)37-53-43(51)27-19-15-21-32-46-41(49)29-34-48(36-31-45)35-30-42(50)47-33-22-16-20-28-44(52)54-38-40(24-12-8-4)26-18-14-10-6-2/h39-40H,5-38,45H2,1-4H3,(H,46,49)(H,47,50). The number of ether oxygens (including phenoxy) is 2. The van der Waals surface area contributed by atoms with E-state index in [4.69, 9.17) is 15.2 Å². The molecule has 10 heteroatoms. The van der Waals surface area contributed by atoms with Crippen LogP contribution < -0.4 is 16.4 Å². The molecule has 2 unspecified atom stereocenters. The van der Waals surface area contributed by atoms with Crippen molar-refractivity contribution in [3.05, 3.63) is 0 Å². The summed E-state index contributed by atoms with van der Waals surface area (Å²) in [6, 6.07) is 0. The van der Waals surface area contributed by atoms with E-state index in [2.05, 4.69) is 43.2 Å². The highest BCUT2D eigenvalue weighted by atomic mass is 16.5. The van der Waals surface area contributed by atoms with E-state index in [0.717, 1.165) is 64.2 Å². The maximum absolute atomic E-state index is 12.4. The summed E-state index contributed by atoms with van der Waals surface area (Å²) in [5, 5.41) is 5.96. The first-order valence-corrected chi connectivity index (χ1v) is 22.6. The van der Waals surface area contributed by atoms with Crippen LogP contribution in [0.25, 0.3) is 0 Å². The van der Waals surface area contributed by atoms with E-state index in [9.17, 15) is 19.2 Å². The van der Waals surface area contributed by atoms with E-state index in [1.54, 1.807) is 0 Å². The molecule has 0 aliphatic heterocycles. The number of nitrogens with one attached hydrogen (secondary N) is 2. The van der Waals surface area contributed by atoms with Crippen molar-refractivity contribution in [3.8, 4) is 0 Å². The number of hydrogen-bond donors (Lipinski definition) is 3. The van der Waals surface area contributed by atoms with Gasteiger partial charge in [0.15, 0.2) is 0 Å². The van der Waals surface area contributed by atoms with Crippen LogP contribution in [0.2, 0.25) is 0 Å². The van der Waals surface area contributed by atoms with E-state index in [1.807, 2.05) is 0 Å². The Bertz CT molecular complexity index is 836. The topological polar surface area (TPSA) is 140 Å². The second-order valence-electron chi connectivity index (χ2n) is 15.5. The minimum atomic E-state index is -0.105. The van der Waals surface area contributed by atoms with E-state index in [-0.39, 0.29) is 23.8 Å². The van der Waals surface area contributed by atoms with Crippen molar-refractivity contribution >= 4 is 23.8 Å². The first-order chi connectivity index (χ1) is 26.3. The molecular weight excluding hydrogens is 681 g/mol.